The van der Waals surface area contributed by atoms with E-state index in [0.29, 0.717) is 18.1 Å². The number of esters is 1. The van der Waals surface area contributed by atoms with Crippen LogP contribution in [-0.2, 0) is 4.79 Å². The number of hydrogen-bond donors (Lipinski definition) is 0. The van der Waals surface area contributed by atoms with E-state index in [-0.39, 0.29) is 5.97 Å². The quantitative estimate of drug-likeness (QED) is 0.347. The van der Waals surface area contributed by atoms with E-state index in [1.54, 1.807) is 31.4 Å². The molecule has 0 unspecified atom stereocenters. The van der Waals surface area contributed by atoms with Gasteiger partial charge in [0.05, 0.1) is 7.11 Å². The lowest BCUT2D eigenvalue weighted by Gasteiger charge is -2.05. The average Bonchev–Trinajstić information content (AvgIpc) is 3.25. The summed E-state index contributed by atoms with van der Waals surface area (Å²) in [5, 5.41) is 0. The first kappa shape index (κ1) is 16.9. The molecule has 1 aliphatic rings. The van der Waals surface area contributed by atoms with Crippen molar-refractivity contribution in [1.82, 2.24) is 0 Å². The highest BCUT2D eigenvalue weighted by Crippen LogP contribution is 2.45. The van der Waals surface area contributed by atoms with E-state index < -0.39 is 0 Å². The molecule has 0 aromatic heterocycles. The second-order valence-corrected chi connectivity index (χ2v) is 6.31. The topological polar surface area (TPSA) is 35.5 Å². The largest absolute Gasteiger partial charge is 0.497 e. The maximum atomic E-state index is 11.9. The van der Waals surface area contributed by atoms with Gasteiger partial charge in [-0.05, 0) is 42.5 Å². The van der Waals surface area contributed by atoms with Gasteiger partial charge < -0.3 is 9.47 Å². The van der Waals surface area contributed by atoms with E-state index in [0.717, 1.165) is 11.7 Å². The van der Waals surface area contributed by atoms with Gasteiger partial charge in [-0.25, -0.2) is 0 Å². The molecular weight excluding hydrogens is 276 g/mol. The summed E-state index contributed by atoms with van der Waals surface area (Å²) in [7, 11) is 1.62. The molecule has 122 valence electrons. The SMILES string of the molecule is CCCCCCC[C@@H]1C[C@H]1CC(=O)Oc1ccc(OC)cc1. The molecule has 1 aromatic carbocycles. The standard InChI is InChI=1S/C19H28O3/c1-3-4-5-6-7-8-15-13-16(15)14-19(20)22-18-11-9-17(21-2)10-12-18/h9-12,15-16H,3-8,13-14H2,1-2H3/t15-,16+/m1/s1. The van der Waals surface area contributed by atoms with Crippen LogP contribution in [0.15, 0.2) is 24.3 Å². The van der Waals surface area contributed by atoms with Crippen LogP contribution in [0.5, 0.6) is 11.5 Å². The minimum Gasteiger partial charge on any atom is -0.497 e. The predicted molar refractivity (Wildman–Crippen MR) is 88.2 cm³/mol. The molecule has 2 atom stereocenters. The van der Waals surface area contributed by atoms with E-state index in [1.807, 2.05) is 0 Å². The number of hydrogen-bond acceptors (Lipinski definition) is 3. The molecule has 22 heavy (non-hydrogen) atoms. The zero-order chi connectivity index (χ0) is 15.8. The summed E-state index contributed by atoms with van der Waals surface area (Å²) in [5.74, 6) is 2.57. The molecule has 0 spiro atoms. The highest BCUT2D eigenvalue weighted by molar-refractivity contribution is 5.73. The Labute approximate surface area is 134 Å². The number of carbonyl (C=O) groups is 1. The molecule has 0 saturated heterocycles. The summed E-state index contributed by atoms with van der Waals surface area (Å²) in [4.78, 5) is 11.9. The molecule has 1 fully saturated rings. The van der Waals surface area contributed by atoms with Gasteiger partial charge in [0.2, 0.25) is 0 Å². The normalized spacial score (nSPS) is 19.7. The summed E-state index contributed by atoms with van der Waals surface area (Å²) in [5.41, 5.74) is 0. The number of ether oxygens (including phenoxy) is 2. The lowest BCUT2D eigenvalue weighted by Crippen LogP contribution is -2.09. The van der Waals surface area contributed by atoms with E-state index in [2.05, 4.69) is 6.92 Å². The van der Waals surface area contributed by atoms with Crippen molar-refractivity contribution in [1.29, 1.82) is 0 Å². The third-order valence-corrected chi connectivity index (χ3v) is 4.47. The van der Waals surface area contributed by atoms with Gasteiger partial charge in [0.15, 0.2) is 0 Å². The Hall–Kier alpha value is -1.51. The van der Waals surface area contributed by atoms with Crippen LogP contribution in [0, 0.1) is 11.8 Å². The van der Waals surface area contributed by atoms with Gasteiger partial charge in [-0.2, -0.15) is 0 Å². The summed E-state index contributed by atoms with van der Waals surface area (Å²) < 4.78 is 10.5. The number of benzene rings is 1. The minimum atomic E-state index is -0.108. The predicted octanol–water partition coefficient (Wildman–Crippen LogP) is 4.99. The fourth-order valence-electron chi connectivity index (χ4n) is 2.95. The Morgan fingerprint density at radius 2 is 1.73 bits per heavy atom. The minimum absolute atomic E-state index is 0.108. The molecule has 0 N–H and O–H groups in total. The fourth-order valence-corrected chi connectivity index (χ4v) is 2.95. The molecular formula is C19H28O3. The van der Waals surface area contributed by atoms with Crippen LogP contribution < -0.4 is 9.47 Å². The molecule has 1 aliphatic carbocycles. The molecule has 0 bridgehead atoms. The van der Waals surface area contributed by atoms with Crippen molar-refractivity contribution >= 4 is 5.97 Å². The summed E-state index contributed by atoms with van der Waals surface area (Å²) in [6, 6.07) is 7.15. The van der Waals surface area contributed by atoms with Crippen molar-refractivity contribution in [3.63, 3.8) is 0 Å². The van der Waals surface area contributed by atoms with Crippen LogP contribution in [0.4, 0.5) is 0 Å². The third-order valence-electron chi connectivity index (χ3n) is 4.47. The van der Waals surface area contributed by atoms with Crippen molar-refractivity contribution < 1.29 is 14.3 Å². The second kappa shape index (κ2) is 8.82. The molecule has 0 amide bonds. The summed E-state index contributed by atoms with van der Waals surface area (Å²) in [6.07, 6.45) is 9.70. The zero-order valence-corrected chi connectivity index (χ0v) is 13.8. The van der Waals surface area contributed by atoms with Gasteiger partial charge in [-0.3, -0.25) is 4.79 Å². The van der Waals surface area contributed by atoms with Gasteiger partial charge in [0.25, 0.3) is 0 Å². The van der Waals surface area contributed by atoms with Crippen LogP contribution in [0.3, 0.4) is 0 Å². The van der Waals surface area contributed by atoms with Crippen LogP contribution in [0.2, 0.25) is 0 Å². The third kappa shape index (κ3) is 5.70. The number of methoxy groups -OCH3 is 1. The van der Waals surface area contributed by atoms with Gasteiger partial charge in [0.1, 0.15) is 11.5 Å². The van der Waals surface area contributed by atoms with Crippen LogP contribution in [-0.4, -0.2) is 13.1 Å². The maximum absolute atomic E-state index is 11.9. The zero-order valence-electron chi connectivity index (χ0n) is 13.8. The second-order valence-electron chi connectivity index (χ2n) is 6.31. The first-order valence-corrected chi connectivity index (χ1v) is 8.57. The van der Waals surface area contributed by atoms with Crippen molar-refractivity contribution in [2.24, 2.45) is 11.8 Å². The lowest BCUT2D eigenvalue weighted by atomic mass is 10.1. The Morgan fingerprint density at radius 3 is 2.41 bits per heavy atom. The molecule has 3 heteroatoms. The maximum Gasteiger partial charge on any atom is 0.311 e. The van der Waals surface area contributed by atoms with Crippen molar-refractivity contribution in [3.8, 4) is 11.5 Å². The van der Waals surface area contributed by atoms with E-state index in [9.17, 15) is 4.79 Å². The van der Waals surface area contributed by atoms with Crippen LogP contribution in [0.1, 0.15) is 58.3 Å². The van der Waals surface area contributed by atoms with E-state index >= 15 is 0 Å². The van der Waals surface area contributed by atoms with E-state index in [1.165, 1.54) is 44.9 Å². The van der Waals surface area contributed by atoms with Gasteiger partial charge >= 0.3 is 5.97 Å². The monoisotopic (exact) mass is 304 g/mol. The Bertz CT molecular complexity index is 452. The van der Waals surface area contributed by atoms with Crippen LogP contribution in [0.25, 0.3) is 0 Å². The molecule has 2 rings (SSSR count). The van der Waals surface area contributed by atoms with Crippen molar-refractivity contribution in [3.05, 3.63) is 24.3 Å². The van der Waals surface area contributed by atoms with Crippen molar-refractivity contribution in [2.75, 3.05) is 7.11 Å². The Kier molecular flexibility index (Phi) is 6.75. The summed E-state index contributed by atoms with van der Waals surface area (Å²) >= 11 is 0. The molecule has 1 saturated carbocycles. The smallest absolute Gasteiger partial charge is 0.311 e. The summed E-state index contributed by atoms with van der Waals surface area (Å²) in [6.45, 7) is 2.24. The number of rotatable bonds is 10. The van der Waals surface area contributed by atoms with Gasteiger partial charge in [0, 0.05) is 6.42 Å². The number of unbranched alkanes of at least 4 members (excludes halogenated alkanes) is 4. The van der Waals surface area contributed by atoms with Crippen molar-refractivity contribution in [2.45, 2.75) is 58.3 Å². The van der Waals surface area contributed by atoms with Gasteiger partial charge in [-0.1, -0.05) is 45.4 Å². The Morgan fingerprint density at radius 1 is 1.05 bits per heavy atom. The lowest BCUT2D eigenvalue weighted by molar-refractivity contribution is -0.134. The van der Waals surface area contributed by atoms with Crippen LogP contribution >= 0.6 is 0 Å². The molecule has 0 aliphatic heterocycles. The number of carbonyl (C=O) groups excluding carboxylic acids is 1. The van der Waals surface area contributed by atoms with E-state index in [4.69, 9.17) is 9.47 Å². The average molecular weight is 304 g/mol. The fraction of sp³-hybridized carbons (Fsp3) is 0.632. The molecule has 3 nitrogen and oxygen atoms in total. The highest BCUT2D eigenvalue weighted by atomic mass is 16.5. The molecule has 1 aromatic rings. The molecule has 0 heterocycles. The Balaban J connectivity index is 1.60. The highest BCUT2D eigenvalue weighted by Gasteiger charge is 2.38. The molecule has 0 radical (unpaired) electrons. The van der Waals surface area contributed by atoms with Gasteiger partial charge in [-0.15, -0.1) is 0 Å². The first-order valence-electron chi connectivity index (χ1n) is 8.57. The first-order chi connectivity index (χ1) is 10.7.